The summed E-state index contributed by atoms with van der Waals surface area (Å²) in [5.74, 6) is 1.05. The van der Waals surface area contributed by atoms with Crippen LogP contribution in [0.3, 0.4) is 0 Å². The van der Waals surface area contributed by atoms with E-state index in [4.69, 9.17) is 4.42 Å². The van der Waals surface area contributed by atoms with Crippen LogP contribution in [0.2, 0.25) is 0 Å². The number of furan rings is 1. The summed E-state index contributed by atoms with van der Waals surface area (Å²) in [5, 5.41) is 10.9. The zero-order valence-electron chi connectivity index (χ0n) is 15.8. The number of nitrogens with zero attached hydrogens (tertiary/aromatic N) is 3. The monoisotopic (exact) mass is 407 g/mol. The number of non-ortho nitro benzene ring substituents is 1. The number of amides is 1. The first-order valence-electron chi connectivity index (χ1n) is 8.73. The van der Waals surface area contributed by atoms with Crippen LogP contribution in [0.4, 0.5) is 5.69 Å². The highest BCUT2D eigenvalue weighted by Crippen LogP contribution is 2.25. The van der Waals surface area contributed by atoms with Crippen LogP contribution in [0.1, 0.15) is 27.4 Å². The minimum absolute atomic E-state index is 0.117. The van der Waals surface area contributed by atoms with Gasteiger partial charge in [0.1, 0.15) is 11.5 Å². The number of aryl methyl sites for hydroxylation is 2. The molecule has 0 bridgehead atoms. The van der Waals surface area contributed by atoms with E-state index < -0.39 is 14.9 Å². The molecule has 150 valence electrons. The zero-order chi connectivity index (χ0) is 20.6. The van der Waals surface area contributed by atoms with E-state index in [0.717, 1.165) is 11.6 Å². The SMILES string of the molecule is Cc1oc(C)c(C(=O)N2CCN(S(=O)(=O)c3cccc([N+](=O)[O-])c3)CC2)c1C. The molecule has 0 saturated carbocycles. The van der Waals surface area contributed by atoms with E-state index in [9.17, 15) is 23.3 Å². The van der Waals surface area contributed by atoms with E-state index in [0.29, 0.717) is 17.1 Å². The first-order chi connectivity index (χ1) is 13.1. The Hall–Kier alpha value is -2.72. The summed E-state index contributed by atoms with van der Waals surface area (Å²) in [7, 11) is -3.87. The van der Waals surface area contributed by atoms with Gasteiger partial charge in [-0.2, -0.15) is 4.31 Å². The van der Waals surface area contributed by atoms with Gasteiger partial charge in [-0.05, 0) is 26.8 Å². The summed E-state index contributed by atoms with van der Waals surface area (Å²) in [4.78, 5) is 24.6. The minimum Gasteiger partial charge on any atom is -0.466 e. The molecule has 1 aliphatic heterocycles. The predicted octanol–water partition coefficient (Wildman–Crippen LogP) is 2.26. The molecule has 0 unspecified atom stereocenters. The van der Waals surface area contributed by atoms with Crippen molar-refractivity contribution in [3.05, 3.63) is 57.0 Å². The Bertz CT molecular complexity index is 1040. The number of nitro benzene ring substituents is 1. The lowest BCUT2D eigenvalue weighted by Gasteiger charge is -2.34. The standard InChI is InChI=1S/C18H21N3O6S/c1-12-13(2)27-14(3)17(12)18(22)19-7-9-20(10-8-19)28(25,26)16-6-4-5-15(11-16)21(23)24/h4-6,11H,7-10H2,1-3H3. The lowest BCUT2D eigenvalue weighted by atomic mass is 10.1. The van der Waals surface area contributed by atoms with Crippen molar-refractivity contribution in [1.29, 1.82) is 0 Å². The van der Waals surface area contributed by atoms with Crippen molar-refractivity contribution in [2.24, 2.45) is 0 Å². The van der Waals surface area contributed by atoms with Gasteiger partial charge in [0.25, 0.3) is 11.6 Å². The topological polar surface area (TPSA) is 114 Å². The number of hydrogen-bond acceptors (Lipinski definition) is 6. The number of benzene rings is 1. The number of carbonyl (C=O) groups excluding carboxylic acids is 1. The van der Waals surface area contributed by atoms with Gasteiger partial charge in [-0.3, -0.25) is 14.9 Å². The van der Waals surface area contributed by atoms with Crippen molar-refractivity contribution < 1.29 is 22.6 Å². The highest BCUT2D eigenvalue weighted by molar-refractivity contribution is 7.89. The van der Waals surface area contributed by atoms with Crippen LogP contribution >= 0.6 is 0 Å². The predicted molar refractivity (Wildman–Crippen MR) is 101 cm³/mol. The van der Waals surface area contributed by atoms with Gasteiger partial charge in [-0.25, -0.2) is 8.42 Å². The lowest BCUT2D eigenvalue weighted by molar-refractivity contribution is -0.385. The molecule has 3 rings (SSSR count). The molecule has 1 aromatic heterocycles. The first-order valence-corrected chi connectivity index (χ1v) is 10.2. The normalized spacial score (nSPS) is 15.6. The van der Waals surface area contributed by atoms with Gasteiger partial charge >= 0.3 is 0 Å². The van der Waals surface area contributed by atoms with E-state index in [1.807, 2.05) is 6.92 Å². The highest BCUT2D eigenvalue weighted by atomic mass is 32.2. The number of hydrogen-bond donors (Lipinski definition) is 0. The van der Waals surface area contributed by atoms with Crippen molar-refractivity contribution in [2.75, 3.05) is 26.2 Å². The number of rotatable bonds is 4. The summed E-state index contributed by atoms with van der Waals surface area (Å²) in [6.07, 6.45) is 0. The fraction of sp³-hybridized carbons (Fsp3) is 0.389. The Morgan fingerprint density at radius 3 is 2.29 bits per heavy atom. The molecule has 2 heterocycles. The molecular weight excluding hydrogens is 386 g/mol. The van der Waals surface area contributed by atoms with Crippen molar-refractivity contribution in [3.63, 3.8) is 0 Å². The van der Waals surface area contributed by atoms with Crippen molar-refractivity contribution in [2.45, 2.75) is 25.7 Å². The van der Waals surface area contributed by atoms with E-state index in [-0.39, 0.29) is 42.7 Å². The molecule has 1 fully saturated rings. The number of sulfonamides is 1. The van der Waals surface area contributed by atoms with Gasteiger partial charge < -0.3 is 9.32 Å². The molecule has 0 radical (unpaired) electrons. The molecular formula is C18H21N3O6S. The Morgan fingerprint density at radius 1 is 1.11 bits per heavy atom. The fourth-order valence-corrected chi connectivity index (χ4v) is 4.77. The molecule has 1 amide bonds. The maximum atomic E-state index is 12.8. The van der Waals surface area contributed by atoms with Gasteiger partial charge in [0, 0.05) is 43.9 Å². The van der Waals surface area contributed by atoms with Crippen LogP contribution in [-0.2, 0) is 10.0 Å². The second-order valence-electron chi connectivity index (χ2n) is 6.67. The molecule has 28 heavy (non-hydrogen) atoms. The largest absolute Gasteiger partial charge is 0.466 e. The van der Waals surface area contributed by atoms with Crippen molar-refractivity contribution in [3.8, 4) is 0 Å². The molecule has 10 heteroatoms. The molecule has 0 spiro atoms. The zero-order valence-corrected chi connectivity index (χ0v) is 16.7. The average Bonchev–Trinajstić information content (AvgIpc) is 2.93. The van der Waals surface area contributed by atoms with E-state index in [2.05, 4.69) is 0 Å². The van der Waals surface area contributed by atoms with Gasteiger partial charge in [0.05, 0.1) is 15.4 Å². The Balaban J connectivity index is 1.75. The summed E-state index contributed by atoms with van der Waals surface area (Å²) in [6, 6.07) is 4.97. The van der Waals surface area contributed by atoms with E-state index >= 15 is 0 Å². The quantitative estimate of drug-likeness (QED) is 0.567. The maximum absolute atomic E-state index is 12.8. The second kappa shape index (κ2) is 7.36. The molecule has 1 saturated heterocycles. The number of piperazine rings is 1. The molecule has 1 aromatic carbocycles. The number of carbonyl (C=O) groups is 1. The second-order valence-corrected chi connectivity index (χ2v) is 8.60. The third-order valence-electron chi connectivity index (χ3n) is 4.97. The molecule has 2 aromatic rings. The van der Waals surface area contributed by atoms with Gasteiger partial charge in [0.15, 0.2) is 0 Å². The van der Waals surface area contributed by atoms with Gasteiger partial charge in [-0.1, -0.05) is 6.07 Å². The smallest absolute Gasteiger partial charge is 0.270 e. The third-order valence-corrected chi connectivity index (χ3v) is 6.86. The lowest BCUT2D eigenvalue weighted by Crippen LogP contribution is -2.50. The van der Waals surface area contributed by atoms with E-state index in [1.54, 1.807) is 18.7 Å². The molecule has 0 atom stereocenters. The fourth-order valence-electron chi connectivity index (χ4n) is 3.30. The Morgan fingerprint density at radius 2 is 1.75 bits per heavy atom. The minimum atomic E-state index is -3.87. The molecule has 0 aliphatic carbocycles. The molecule has 1 aliphatic rings. The van der Waals surface area contributed by atoms with Crippen LogP contribution in [0.25, 0.3) is 0 Å². The molecule has 0 N–H and O–H groups in total. The van der Waals surface area contributed by atoms with Crippen molar-refractivity contribution >= 4 is 21.6 Å². The first kappa shape index (κ1) is 20.0. The number of nitro groups is 1. The maximum Gasteiger partial charge on any atom is 0.270 e. The summed E-state index contributed by atoms with van der Waals surface area (Å²) >= 11 is 0. The van der Waals surface area contributed by atoms with Crippen molar-refractivity contribution in [1.82, 2.24) is 9.21 Å². The van der Waals surface area contributed by atoms with Gasteiger partial charge in [0.2, 0.25) is 10.0 Å². The third kappa shape index (κ3) is 3.52. The highest BCUT2D eigenvalue weighted by Gasteiger charge is 2.32. The summed E-state index contributed by atoms with van der Waals surface area (Å²) in [6.45, 7) is 6.05. The van der Waals surface area contributed by atoms with E-state index in [1.165, 1.54) is 22.5 Å². The average molecular weight is 407 g/mol. The van der Waals surface area contributed by atoms with Crippen LogP contribution in [0, 0.1) is 30.9 Å². The Kier molecular flexibility index (Phi) is 5.26. The van der Waals surface area contributed by atoms with Crippen LogP contribution in [-0.4, -0.2) is 54.6 Å². The van der Waals surface area contributed by atoms with Crippen LogP contribution < -0.4 is 0 Å². The van der Waals surface area contributed by atoms with Crippen LogP contribution in [0.5, 0.6) is 0 Å². The Labute approximate surface area is 162 Å². The molecule has 9 nitrogen and oxygen atoms in total. The summed E-state index contributed by atoms with van der Waals surface area (Å²) in [5.41, 5.74) is 1.03. The van der Waals surface area contributed by atoms with Crippen LogP contribution in [0.15, 0.2) is 33.6 Å². The summed E-state index contributed by atoms with van der Waals surface area (Å²) < 4.78 is 32.4. The van der Waals surface area contributed by atoms with Gasteiger partial charge in [-0.15, -0.1) is 0 Å².